The molecule has 0 spiro atoms. The SMILES string of the molecule is COc1ccccc1N1C(CC(=O)O)c2ccccc2S1(=O)=O. The molecule has 0 bridgehead atoms. The number of carboxylic acids is 1. The summed E-state index contributed by atoms with van der Waals surface area (Å²) in [7, 11) is -2.39. The number of benzene rings is 2. The van der Waals surface area contributed by atoms with Gasteiger partial charge in [-0.15, -0.1) is 0 Å². The van der Waals surface area contributed by atoms with Crippen LogP contribution in [0.5, 0.6) is 5.75 Å². The van der Waals surface area contributed by atoms with E-state index in [0.717, 1.165) is 4.31 Å². The van der Waals surface area contributed by atoms with Gasteiger partial charge in [-0.25, -0.2) is 8.42 Å². The van der Waals surface area contributed by atoms with Crippen molar-refractivity contribution in [3.05, 3.63) is 54.1 Å². The van der Waals surface area contributed by atoms with E-state index in [2.05, 4.69) is 0 Å². The minimum atomic E-state index is -3.84. The summed E-state index contributed by atoms with van der Waals surface area (Å²) in [6.45, 7) is 0. The van der Waals surface area contributed by atoms with Crippen LogP contribution in [0.25, 0.3) is 0 Å². The van der Waals surface area contributed by atoms with Gasteiger partial charge >= 0.3 is 5.97 Å². The maximum absolute atomic E-state index is 12.9. The van der Waals surface area contributed by atoms with Gasteiger partial charge < -0.3 is 9.84 Å². The highest BCUT2D eigenvalue weighted by atomic mass is 32.2. The van der Waals surface area contributed by atoms with Gasteiger partial charge in [-0.1, -0.05) is 30.3 Å². The molecule has 1 unspecified atom stereocenters. The van der Waals surface area contributed by atoms with Gasteiger partial charge in [0.1, 0.15) is 5.75 Å². The van der Waals surface area contributed by atoms with E-state index < -0.39 is 22.0 Å². The van der Waals surface area contributed by atoms with Crippen molar-refractivity contribution in [2.75, 3.05) is 11.4 Å². The topological polar surface area (TPSA) is 83.9 Å². The first-order chi connectivity index (χ1) is 11.0. The number of aliphatic carboxylic acids is 1. The Morgan fingerprint density at radius 1 is 1.17 bits per heavy atom. The van der Waals surface area contributed by atoms with E-state index in [0.29, 0.717) is 17.0 Å². The lowest BCUT2D eigenvalue weighted by molar-refractivity contribution is -0.137. The van der Waals surface area contributed by atoms with Gasteiger partial charge in [-0.2, -0.15) is 0 Å². The van der Waals surface area contributed by atoms with Gasteiger partial charge in [0.05, 0.1) is 30.2 Å². The Bertz CT molecular complexity index is 862. The lowest BCUT2D eigenvalue weighted by Gasteiger charge is -2.26. The first-order valence-electron chi connectivity index (χ1n) is 6.95. The molecule has 120 valence electrons. The number of carbonyl (C=O) groups is 1. The van der Waals surface area contributed by atoms with Gasteiger partial charge in [0.25, 0.3) is 10.0 Å². The Morgan fingerprint density at radius 2 is 1.83 bits per heavy atom. The number of sulfonamides is 1. The minimum Gasteiger partial charge on any atom is -0.495 e. The van der Waals surface area contributed by atoms with Crippen molar-refractivity contribution in [1.82, 2.24) is 0 Å². The predicted octanol–water partition coefficient (Wildman–Crippen LogP) is 2.42. The standard InChI is InChI=1S/C16H15NO5S/c1-22-14-8-4-3-7-12(14)17-13(10-16(18)19)11-6-2-5-9-15(11)23(17,20)21/h2-9,13H,10H2,1H3,(H,18,19). The number of hydrogen-bond acceptors (Lipinski definition) is 4. The Kier molecular flexibility index (Phi) is 3.73. The van der Waals surface area contributed by atoms with Gasteiger partial charge in [0.2, 0.25) is 0 Å². The van der Waals surface area contributed by atoms with Crippen LogP contribution in [-0.4, -0.2) is 26.6 Å². The average molecular weight is 333 g/mol. The summed E-state index contributed by atoms with van der Waals surface area (Å²) in [5, 5.41) is 9.21. The number of fused-ring (bicyclic) bond motifs is 1. The molecule has 1 N–H and O–H groups in total. The molecule has 1 heterocycles. The molecule has 0 fully saturated rings. The third-order valence-corrected chi connectivity index (χ3v) is 5.69. The number of anilines is 1. The first kappa shape index (κ1) is 15.4. The van der Waals surface area contributed by atoms with E-state index in [1.54, 1.807) is 42.5 Å². The molecular weight excluding hydrogens is 318 g/mol. The third kappa shape index (κ3) is 2.43. The van der Waals surface area contributed by atoms with Crippen LogP contribution in [-0.2, 0) is 14.8 Å². The van der Waals surface area contributed by atoms with E-state index >= 15 is 0 Å². The van der Waals surface area contributed by atoms with Crippen LogP contribution in [0.4, 0.5) is 5.69 Å². The maximum Gasteiger partial charge on any atom is 0.305 e. The van der Waals surface area contributed by atoms with E-state index in [4.69, 9.17) is 4.74 Å². The van der Waals surface area contributed by atoms with Gasteiger partial charge in [0.15, 0.2) is 0 Å². The summed E-state index contributed by atoms with van der Waals surface area (Å²) in [4.78, 5) is 11.4. The number of ether oxygens (including phenoxy) is 1. The van der Waals surface area contributed by atoms with Crippen LogP contribution in [0.1, 0.15) is 18.0 Å². The third-order valence-electron chi connectivity index (χ3n) is 3.79. The van der Waals surface area contributed by atoms with Gasteiger partial charge in [-0.05, 0) is 23.8 Å². The molecule has 3 rings (SSSR count). The lowest BCUT2D eigenvalue weighted by atomic mass is 10.0. The number of hydrogen-bond donors (Lipinski definition) is 1. The van der Waals surface area contributed by atoms with Crippen molar-refractivity contribution < 1.29 is 23.1 Å². The minimum absolute atomic E-state index is 0.136. The molecule has 2 aromatic rings. The molecule has 6 nitrogen and oxygen atoms in total. The van der Waals surface area contributed by atoms with Crippen LogP contribution < -0.4 is 9.04 Å². The fourth-order valence-electron chi connectivity index (χ4n) is 2.86. The Labute approximate surface area is 134 Å². The highest BCUT2D eigenvalue weighted by molar-refractivity contribution is 7.93. The van der Waals surface area contributed by atoms with Crippen LogP contribution in [0.3, 0.4) is 0 Å². The highest BCUT2D eigenvalue weighted by Gasteiger charge is 2.44. The molecule has 0 saturated heterocycles. The summed E-state index contributed by atoms with van der Waals surface area (Å²) >= 11 is 0. The van der Waals surface area contributed by atoms with Crippen LogP contribution in [0.15, 0.2) is 53.4 Å². The maximum atomic E-state index is 12.9. The number of methoxy groups -OCH3 is 1. The molecule has 7 heteroatoms. The average Bonchev–Trinajstić information content (AvgIpc) is 2.75. The van der Waals surface area contributed by atoms with E-state index in [1.165, 1.54) is 13.2 Å². The molecular formula is C16H15NO5S. The van der Waals surface area contributed by atoms with Crippen molar-refractivity contribution >= 4 is 21.7 Å². The molecule has 0 aliphatic carbocycles. The van der Waals surface area contributed by atoms with E-state index in [-0.39, 0.29) is 11.3 Å². The Morgan fingerprint density at radius 3 is 2.52 bits per heavy atom. The molecule has 1 aliphatic heterocycles. The Balaban J connectivity index is 2.24. The van der Waals surface area contributed by atoms with Crippen molar-refractivity contribution in [3.8, 4) is 5.75 Å². The van der Waals surface area contributed by atoms with Crippen molar-refractivity contribution in [1.29, 1.82) is 0 Å². The molecule has 0 aromatic heterocycles. The molecule has 0 amide bonds. The van der Waals surface area contributed by atoms with Crippen molar-refractivity contribution in [2.24, 2.45) is 0 Å². The molecule has 0 saturated carbocycles. The fraction of sp³-hybridized carbons (Fsp3) is 0.188. The highest BCUT2D eigenvalue weighted by Crippen LogP contribution is 2.46. The van der Waals surface area contributed by atoms with Crippen LogP contribution in [0, 0.1) is 0 Å². The summed E-state index contributed by atoms with van der Waals surface area (Å²) in [5.41, 5.74) is 0.818. The molecule has 23 heavy (non-hydrogen) atoms. The fourth-order valence-corrected chi connectivity index (χ4v) is 4.76. The molecule has 1 atom stereocenters. The van der Waals surface area contributed by atoms with Crippen LogP contribution in [0.2, 0.25) is 0 Å². The van der Waals surface area contributed by atoms with E-state index in [9.17, 15) is 18.3 Å². The van der Waals surface area contributed by atoms with Crippen molar-refractivity contribution in [3.63, 3.8) is 0 Å². The monoisotopic (exact) mass is 333 g/mol. The molecule has 0 radical (unpaired) electrons. The molecule has 1 aliphatic rings. The number of carboxylic acid groups (broad SMARTS) is 1. The zero-order valence-corrected chi connectivity index (χ0v) is 13.2. The summed E-state index contributed by atoms with van der Waals surface area (Å²) in [6, 6.07) is 12.3. The summed E-state index contributed by atoms with van der Waals surface area (Å²) in [5.74, 6) is -0.693. The second-order valence-electron chi connectivity index (χ2n) is 5.12. The van der Waals surface area contributed by atoms with Crippen molar-refractivity contribution in [2.45, 2.75) is 17.4 Å². The zero-order chi connectivity index (χ0) is 16.6. The second-order valence-corrected chi connectivity index (χ2v) is 6.91. The normalized spacial score (nSPS) is 18.5. The van der Waals surface area contributed by atoms with Gasteiger partial charge in [0, 0.05) is 0 Å². The van der Waals surface area contributed by atoms with Gasteiger partial charge in [-0.3, -0.25) is 9.10 Å². The predicted molar refractivity (Wildman–Crippen MR) is 84.1 cm³/mol. The number of rotatable bonds is 4. The number of para-hydroxylation sites is 2. The summed E-state index contributed by atoms with van der Waals surface area (Å²) in [6.07, 6.45) is -0.325. The smallest absolute Gasteiger partial charge is 0.305 e. The molecule has 2 aromatic carbocycles. The second kappa shape index (κ2) is 5.58. The largest absolute Gasteiger partial charge is 0.495 e. The lowest BCUT2D eigenvalue weighted by Crippen LogP contribution is -2.29. The number of nitrogens with zero attached hydrogens (tertiary/aromatic N) is 1. The first-order valence-corrected chi connectivity index (χ1v) is 8.39. The quantitative estimate of drug-likeness (QED) is 0.929. The van der Waals surface area contributed by atoms with Crippen LogP contribution >= 0.6 is 0 Å². The summed E-state index contributed by atoms with van der Waals surface area (Å²) < 4.78 is 32.2. The van der Waals surface area contributed by atoms with E-state index in [1.807, 2.05) is 0 Å². The zero-order valence-electron chi connectivity index (χ0n) is 12.3. The Hall–Kier alpha value is -2.54.